The Kier molecular flexibility index (Phi) is 6.30. The predicted molar refractivity (Wildman–Crippen MR) is 98.5 cm³/mol. The van der Waals surface area contributed by atoms with E-state index in [4.69, 9.17) is 11.6 Å². The second-order valence-corrected chi connectivity index (χ2v) is 7.41. The van der Waals surface area contributed by atoms with Crippen LogP contribution in [0.25, 0.3) is 0 Å². The molecule has 21 heavy (non-hydrogen) atoms. The molecule has 0 aliphatic rings. The maximum Gasteiger partial charge on any atom is 0.124 e. The molecule has 0 saturated carbocycles. The number of alkyl halides is 2. The van der Waals surface area contributed by atoms with E-state index in [2.05, 4.69) is 59.9 Å². The van der Waals surface area contributed by atoms with E-state index >= 15 is 0 Å². The Morgan fingerprint density at radius 3 is 2.33 bits per heavy atom. The Labute approximate surface area is 154 Å². The molecular formula is C16H13Br3ClF. The van der Waals surface area contributed by atoms with Crippen LogP contribution in [0.4, 0.5) is 4.39 Å². The minimum atomic E-state index is -0.311. The predicted octanol–water partition coefficient (Wildman–Crippen LogP) is 6.51. The monoisotopic (exact) mass is 496 g/mol. The summed E-state index contributed by atoms with van der Waals surface area (Å²) >= 11 is 17.0. The second-order valence-electron chi connectivity index (χ2n) is 4.97. The Morgan fingerprint density at radius 1 is 1.05 bits per heavy atom. The highest BCUT2D eigenvalue weighted by molar-refractivity contribution is 9.10. The third-order valence-electron chi connectivity index (χ3n) is 3.49. The minimum Gasteiger partial charge on any atom is -0.207 e. The molecule has 0 unspecified atom stereocenters. The molecular weight excluding hydrogens is 486 g/mol. The van der Waals surface area contributed by atoms with Crippen LogP contribution in [0.3, 0.4) is 0 Å². The molecule has 0 aromatic heterocycles. The lowest BCUT2D eigenvalue weighted by molar-refractivity contribution is 0.549. The van der Waals surface area contributed by atoms with Gasteiger partial charge in [0.15, 0.2) is 0 Å². The molecule has 0 aliphatic carbocycles. The van der Waals surface area contributed by atoms with Crippen molar-refractivity contribution in [1.82, 2.24) is 0 Å². The Balaban J connectivity index is 2.43. The first kappa shape index (κ1) is 17.5. The molecule has 0 spiro atoms. The number of halogens is 5. The van der Waals surface area contributed by atoms with Crippen LogP contribution in [-0.4, -0.2) is 10.7 Å². The molecule has 0 fully saturated rings. The highest BCUT2D eigenvalue weighted by atomic mass is 79.9. The maximum atomic E-state index is 13.2. The van der Waals surface area contributed by atoms with E-state index in [9.17, 15) is 4.39 Å². The molecule has 0 nitrogen and oxygen atoms in total. The van der Waals surface area contributed by atoms with Gasteiger partial charge in [0.25, 0.3) is 0 Å². The second kappa shape index (κ2) is 7.58. The first-order chi connectivity index (χ1) is 10.0. The van der Waals surface area contributed by atoms with Crippen molar-refractivity contribution in [2.45, 2.75) is 11.8 Å². The lowest BCUT2D eigenvalue weighted by atomic mass is 9.79. The van der Waals surface area contributed by atoms with Crippen LogP contribution in [0.2, 0.25) is 5.02 Å². The molecule has 0 heterocycles. The van der Waals surface area contributed by atoms with Gasteiger partial charge in [0, 0.05) is 25.6 Å². The first-order valence-electron chi connectivity index (χ1n) is 6.33. The van der Waals surface area contributed by atoms with E-state index in [1.54, 1.807) is 6.07 Å². The van der Waals surface area contributed by atoms with Crippen LogP contribution >= 0.6 is 59.4 Å². The van der Waals surface area contributed by atoms with Crippen molar-refractivity contribution in [2.75, 3.05) is 10.7 Å². The van der Waals surface area contributed by atoms with E-state index in [0.717, 1.165) is 27.1 Å². The molecule has 2 aromatic rings. The maximum absolute atomic E-state index is 13.2. The Bertz CT molecular complexity index is 627. The van der Waals surface area contributed by atoms with Crippen molar-refractivity contribution in [3.05, 3.63) is 68.9 Å². The van der Waals surface area contributed by atoms with Crippen molar-refractivity contribution in [3.63, 3.8) is 0 Å². The average Bonchev–Trinajstić information content (AvgIpc) is 2.47. The summed E-state index contributed by atoms with van der Waals surface area (Å²) in [5.41, 5.74) is 1.99. The van der Waals surface area contributed by atoms with Crippen molar-refractivity contribution in [1.29, 1.82) is 0 Å². The molecule has 0 N–H and O–H groups in total. The zero-order chi connectivity index (χ0) is 15.5. The summed E-state index contributed by atoms with van der Waals surface area (Å²) in [7, 11) is 0. The number of rotatable bonds is 5. The summed E-state index contributed by atoms with van der Waals surface area (Å²) in [6, 6.07) is 12.8. The highest BCUT2D eigenvalue weighted by Gasteiger charge is 2.31. The van der Waals surface area contributed by atoms with E-state index < -0.39 is 0 Å². The zero-order valence-corrected chi connectivity index (χ0v) is 16.6. The lowest BCUT2D eigenvalue weighted by Crippen LogP contribution is -2.33. The quantitative estimate of drug-likeness (QED) is 0.412. The summed E-state index contributed by atoms with van der Waals surface area (Å²) in [6.07, 6.45) is 0.721. The van der Waals surface area contributed by atoms with Gasteiger partial charge in [-0.05, 0) is 41.8 Å². The molecule has 0 atom stereocenters. The lowest BCUT2D eigenvalue weighted by Gasteiger charge is -2.31. The number of hydrogen-bond acceptors (Lipinski definition) is 0. The average molecular weight is 499 g/mol. The van der Waals surface area contributed by atoms with Gasteiger partial charge >= 0.3 is 0 Å². The van der Waals surface area contributed by atoms with Crippen molar-refractivity contribution in [3.8, 4) is 0 Å². The molecule has 5 heteroatoms. The van der Waals surface area contributed by atoms with E-state index in [0.29, 0.717) is 5.02 Å². The normalized spacial score (nSPS) is 11.7. The summed E-state index contributed by atoms with van der Waals surface area (Å²) in [4.78, 5) is 0. The van der Waals surface area contributed by atoms with Gasteiger partial charge in [-0.1, -0.05) is 77.6 Å². The number of hydrogen-bond donors (Lipinski definition) is 0. The number of benzene rings is 2. The minimum absolute atomic E-state index is 0.148. The van der Waals surface area contributed by atoms with Gasteiger partial charge in [0.05, 0.1) is 0 Å². The van der Waals surface area contributed by atoms with Crippen molar-refractivity contribution >= 4 is 59.4 Å². The Hall–Kier alpha value is 0.1000. The molecule has 0 bridgehead atoms. The van der Waals surface area contributed by atoms with E-state index in [1.807, 2.05) is 12.1 Å². The SMILES string of the molecule is Fc1ccc(CC(CBr)(CBr)c2cccc(Br)c2)c(Cl)c1. The van der Waals surface area contributed by atoms with Crippen LogP contribution < -0.4 is 0 Å². The van der Waals surface area contributed by atoms with Gasteiger partial charge in [-0.3, -0.25) is 0 Å². The summed E-state index contributed by atoms with van der Waals surface area (Å²) in [5, 5.41) is 2.02. The van der Waals surface area contributed by atoms with Crippen molar-refractivity contribution in [2.24, 2.45) is 0 Å². The molecule has 2 aromatic carbocycles. The Morgan fingerprint density at radius 2 is 1.76 bits per heavy atom. The summed E-state index contributed by atoms with van der Waals surface area (Å²) in [5.74, 6) is -0.311. The summed E-state index contributed by atoms with van der Waals surface area (Å²) in [6.45, 7) is 0. The van der Waals surface area contributed by atoms with E-state index in [1.165, 1.54) is 17.7 Å². The molecule has 0 saturated heterocycles. The fourth-order valence-electron chi connectivity index (χ4n) is 2.23. The van der Waals surface area contributed by atoms with Crippen LogP contribution in [0, 0.1) is 5.82 Å². The molecule has 2 rings (SSSR count). The van der Waals surface area contributed by atoms with Gasteiger partial charge < -0.3 is 0 Å². The smallest absolute Gasteiger partial charge is 0.124 e. The van der Waals surface area contributed by atoms with Gasteiger partial charge in [-0.2, -0.15) is 0 Å². The highest BCUT2D eigenvalue weighted by Crippen LogP contribution is 2.36. The van der Waals surface area contributed by atoms with Gasteiger partial charge in [-0.15, -0.1) is 0 Å². The van der Waals surface area contributed by atoms with Gasteiger partial charge in [-0.25, -0.2) is 4.39 Å². The van der Waals surface area contributed by atoms with Crippen LogP contribution in [0.1, 0.15) is 11.1 Å². The van der Waals surface area contributed by atoms with E-state index in [-0.39, 0.29) is 11.2 Å². The molecule has 0 radical (unpaired) electrons. The third kappa shape index (κ3) is 4.10. The van der Waals surface area contributed by atoms with Gasteiger partial charge in [0.2, 0.25) is 0 Å². The van der Waals surface area contributed by atoms with Crippen LogP contribution in [0.5, 0.6) is 0 Å². The molecule has 112 valence electrons. The van der Waals surface area contributed by atoms with Crippen LogP contribution in [-0.2, 0) is 11.8 Å². The van der Waals surface area contributed by atoms with Crippen molar-refractivity contribution < 1.29 is 4.39 Å². The first-order valence-corrected chi connectivity index (χ1v) is 9.74. The summed E-state index contributed by atoms with van der Waals surface area (Å²) < 4.78 is 14.2. The molecule has 0 aliphatic heterocycles. The standard InChI is InChI=1S/C16H13Br3ClF/c17-9-16(10-18,12-2-1-3-13(19)6-12)8-11-4-5-14(21)7-15(11)20/h1-7H,8-10H2. The topological polar surface area (TPSA) is 0 Å². The van der Waals surface area contributed by atoms with Crippen LogP contribution in [0.15, 0.2) is 46.9 Å². The fraction of sp³-hybridized carbons (Fsp3) is 0.250. The van der Waals surface area contributed by atoms with Gasteiger partial charge in [0.1, 0.15) is 5.82 Å². The zero-order valence-electron chi connectivity index (χ0n) is 11.1. The largest absolute Gasteiger partial charge is 0.207 e. The fourth-order valence-corrected chi connectivity index (χ4v) is 4.84. The third-order valence-corrected chi connectivity index (χ3v) is 6.48. The molecule has 0 amide bonds.